The molecule has 340 valence electrons. The van der Waals surface area contributed by atoms with Crippen LogP contribution in [0, 0.1) is 0 Å². The van der Waals surface area contributed by atoms with Crippen molar-refractivity contribution in [1.82, 2.24) is 0 Å². The number of ketones is 1. The molecule has 7 rings (SSSR count). The summed E-state index contributed by atoms with van der Waals surface area (Å²) in [5.74, 6) is -19.3. The number of benzene rings is 5. The fraction of sp³-hybridized carbons (Fsp3) is 0.190. The minimum Gasteiger partial charge on any atom is -0.507 e. The molecule has 0 amide bonds. The van der Waals surface area contributed by atoms with Crippen LogP contribution in [0.5, 0.6) is 80.5 Å². The van der Waals surface area contributed by atoms with Crippen molar-refractivity contribution < 1.29 is 114 Å². The Bertz CT molecular complexity index is 2750. The summed E-state index contributed by atoms with van der Waals surface area (Å²) in [7, 11) is 0. The molecule has 2 aliphatic rings. The number of fused-ring (bicyclic) bond motifs is 4. The summed E-state index contributed by atoms with van der Waals surface area (Å²) in [4.78, 5) is 54.6. The fourth-order valence-electron chi connectivity index (χ4n) is 7.04. The van der Waals surface area contributed by atoms with Gasteiger partial charge in [-0.1, -0.05) is 6.07 Å². The number of phenolic OH excluding ortho intramolecular Hbond substituents is 13. The number of ether oxygens (including phenoxy) is 5. The normalized spacial score (nSPS) is 19.3. The highest BCUT2D eigenvalue weighted by atomic mass is 16.7. The molecular weight excluding hydrogens is 872 g/mol. The largest absolute Gasteiger partial charge is 0.507 e. The van der Waals surface area contributed by atoms with Crippen LogP contribution in [0.4, 0.5) is 0 Å². The minimum atomic E-state index is -2.34. The first-order valence-electron chi connectivity index (χ1n) is 18.7. The van der Waals surface area contributed by atoms with E-state index in [4.69, 9.17) is 23.7 Å². The quantitative estimate of drug-likeness (QED) is 0.0460. The number of Topliss-reactive ketones (excluding diaryl/α,β-unsaturated/α-hetero) is 1. The summed E-state index contributed by atoms with van der Waals surface area (Å²) in [6.45, 7) is -1.08. The van der Waals surface area contributed by atoms with Gasteiger partial charge in [-0.15, -0.1) is 0 Å². The van der Waals surface area contributed by atoms with Gasteiger partial charge in [-0.05, 0) is 48.4 Å². The van der Waals surface area contributed by atoms with Crippen molar-refractivity contribution in [3.63, 3.8) is 0 Å². The maximum absolute atomic E-state index is 14.1. The maximum atomic E-state index is 14.1. The molecule has 1 fully saturated rings. The Kier molecular flexibility index (Phi) is 11.5. The Hall–Kier alpha value is -8.70. The molecule has 23 heteroatoms. The van der Waals surface area contributed by atoms with E-state index >= 15 is 0 Å². The Labute approximate surface area is 361 Å². The third kappa shape index (κ3) is 8.21. The standard InChI is InChI=1S/C42H34O23/c43-18-3-1-13(5-20(18)45)2-4-19(44)30-21(46)8-15(9-22(30)47)62-42-36(57)38(65-39(58)14-6-23(48)31(52)24(49)7-14)37-27(63-42)12-61-40(59)16-10-25(50)32(53)34(55)28(16)29-17(41(60)64-37)11-26(51)33(54)35(29)56/h1,3,5-11,27,36-38,42-43,45-57H,2,4,12H2/t27-,36-,37-,38-,42-/m1/s1. The first kappa shape index (κ1) is 44.4. The minimum absolute atomic E-state index is 0.0140. The summed E-state index contributed by atoms with van der Waals surface area (Å²) in [6, 6.07) is 7.70. The van der Waals surface area contributed by atoms with Crippen LogP contribution in [0.2, 0.25) is 0 Å². The molecule has 0 spiro atoms. The smallest absolute Gasteiger partial charge is 0.339 e. The molecule has 0 saturated carbocycles. The Morgan fingerprint density at radius 1 is 0.615 bits per heavy atom. The zero-order valence-electron chi connectivity index (χ0n) is 32.6. The van der Waals surface area contributed by atoms with Crippen LogP contribution in [-0.4, -0.2) is 132 Å². The second kappa shape index (κ2) is 16.9. The highest BCUT2D eigenvalue weighted by Gasteiger charge is 2.52. The molecule has 14 N–H and O–H groups in total. The third-order valence-electron chi connectivity index (χ3n) is 10.3. The van der Waals surface area contributed by atoms with Crippen molar-refractivity contribution in [2.45, 2.75) is 43.5 Å². The summed E-state index contributed by atoms with van der Waals surface area (Å²) < 4.78 is 28.0. The molecule has 0 aromatic heterocycles. The monoisotopic (exact) mass is 906 g/mol. The lowest BCUT2D eigenvalue weighted by atomic mass is 9.92. The van der Waals surface area contributed by atoms with Gasteiger partial charge < -0.3 is 95.2 Å². The van der Waals surface area contributed by atoms with Crippen LogP contribution < -0.4 is 4.74 Å². The van der Waals surface area contributed by atoms with Gasteiger partial charge in [0.25, 0.3) is 0 Å². The van der Waals surface area contributed by atoms with Crippen LogP contribution in [0.1, 0.15) is 53.4 Å². The number of carbonyl (C=O) groups excluding carboxylic acids is 4. The fourth-order valence-corrected chi connectivity index (χ4v) is 7.04. The van der Waals surface area contributed by atoms with Gasteiger partial charge in [-0.25, -0.2) is 14.4 Å². The van der Waals surface area contributed by atoms with Gasteiger partial charge in [0.05, 0.1) is 16.7 Å². The number of cyclic esters (lactones) is 1. The van der Waals surface area contributed by atoms with E-state index < -0.39 is 175 Å². The Morgan fingerprint density at radius 2 is 1.17 bits per heavy atom. The molecule has 65 heavy (non-hydrogen) atoms. The SMILES string of the molecule is O=C(O[C@@H]1[C@@H](O)[C@H](Oc2cc(O)c(C(=O)CCc3ccc(O)c(O)c3)c(O)c2)O[C@@H]2COC(=O)c3cc(O)c(O)c(O)c3-c3c(cc(O)c(O)c3O)C(=O)O[C@@H]12)c1cc(O)c(O)c(O)c1. The zero-order chi connectivity index (χ0) is 47.3. The van der Waals surface area contributed by atoms with Crippen LogP contribution >= 0.6 is 0 Å². The molecule has 0 radical (unpaired) electrons. The number of esters is 3. The van der Waals surface area contributed by atoms with Gasteiger partial charge in [0.15, 0.2) is 75.8 Å². The van der Waals surface area contributed by atoms with Crippen molar-refractivity contribution in [3.05, 3.63) is 82.4 Å². The molecule has 1 saturated heterocycles. The number of aliphatic hydroxyl groups is 1. The number of phenols is 13. The van der Waals surface area contributed by atoms with Gasteiger partial charge >= 0.3 is 17.9 Å². The van der Waals surface area contributed by atoms with Crippen LogP contribution in [-0.2, 0) is 25.4 Å². The lowest BCUT2D eigenvalue weighted by Crippen LogP contribution is -2.62. The topological polar surface area (TPSA) is 398 Å². The predicted octanol–water partition coefficient (Wildman–Crippen LogP) is 2.43. The molecule has 2 heterocycles. The van der Waals surface area contributed by atoms with E-state index in [0.717, 1.165) is 12.1 Å². The third-order valence-corrected chi connectivity index (χ3v) is 10.3. The first-order valence-corrected chi connectivity index (χ1v) is 18.7. The molecule has 23 nitrogen and oxygen atoms in total. The highest BCUT2D eigenvalue weighted by Crippen LogP contribution is 2.53. The lowest BCUT2D eigenvalue weighted by molar-refractivity contribution is -0.276. The Balaban J connectivity index is 1.28. The van der Waals surface area contributed by atoms with Gasteiger partial charge in [0.1, 0.15) is 35.5 Å². The van der Waals surface area contributed by atoms with E-state index in [1.807, 2.05) is 0 Å². The predicted molar refractivity (Wildman–Crippen MR) is 209 cm³/mol. The number of rotatable bonds is 8. The average molecular weight is 907 g/mol. The molecule has 0 bridgehead atoms. The number of aryl methyl sites for hydroxylation is 1. The van der Waals surface area contributed by atoms with Crippen LogP contribution in [0.15, 0.2) is 54.6 Å². The van der Waals surface area contributed by atoms with Gasteiger partial charge in [0.2, 0.25) is 17.8 Å². The number of hydrogen-bond donors (Lipinski definition) is 14. The first-order chi connectivity index (χ1) is 30.7. The van der Waals surface area contributed by atoms with E-state index in [-0.39, 0.29) is 12.8 Å². The maximum Gasteiger partial charge on any atom is 0.339 e. The van der Waals surface area contributed by atoms with Crippen molar-refractivity contribution in [3.8, 4) is 91.6 Å². The van der Waals surface area contributed by atoms with E-state index in [2.05, 4.69) is 0 Å². The van der Waals surface area contributed by atoms with E-state index in [0.29, 0.717) is 29.8 Å². The molecular formula is C42H34O23. The van der Waals surface area contributed by atoms with E-state index in [1.165, 1.54) is 18.2 Å². The highest BCUT2D eigenvalue weighted by molar-refractivity contribution is 6.08. The van der Waals surface area contributed by atoms with Crippen molar-refractivity contribution in [2.75, 3.05) is 6.61 Å². The van der Waals surface area contributed by atoms with Crippen molar-refractivity contribution in [1.29, 1.82) is 0 Å². The molecule has 5 aromatic rings. The lowest BCUT2D eigenvalue weighted by Gasteiger charge is -2.43. The van der Waals surface area contributed by atoms with Crippen molar-refractivity contribution in [2.24, 2.45) is 0 Å². The zero-order valence-corrected chi connectivity index (χ0v) is 32.6. The van der Waals surface area contributed by atoms with Gasteiger partial charge in [-0.2, -0.15) is 0 Å². The van der Waals surface area contributed by atoms with Gasteiger partial charge in [0, 0.05) is 29.7 Å². The second-order valence-corrected chi connectivity index (χ2v) is 14.5. The second-order valence-electron chi connectivity index (χ2n) is 14.5. The molecule has 5 atom stereocenters. The van der Waals surface area contributed by atoms with Crippen LogP contribution in [0.25, 0.3) is 11.1 Å². The number of aliphatic hydroxyl groups excluding tert-OH is 1. The van der Waals surface area contributed by atoms with Gasteiger partial charge in [-0.3, -0.25) is 4.79 Å². The number of hydrogen-bond acceptors (Lipinski definition) is 23. The summed E-state index contributed by atoms with van der Waals surface area (Å²) in [5, 5.41) is 146. The van der Waals surface area contributed by atoms with E-state index in [9.17, 15) is 90.7 Å². The van der Waals surface area contributed by atoms with Crippen LogP contribution in [0.3, 0.4) is 0 Å². The van der Waals surface area contributed by atoms with Crippen molar-refractivity contribution >= 4 is 23.7 Å². The summed E-state index contributed by atoms with van der Waals surface area (Å²) in [5.41, 5.74) is -4.67. The number of aromatic hydroxyl groups is 13. The summed E-state index contributed by atoms with van der Waals surface area (Å²) in [6.07, 6.45) is -11.2. The number of carbonyl (C=O) groups is 4. The molecule has 0 aliphatic carbocycles. The summed E-state index contributed by atoms with van der Waals surface area (Å²) >= 11 is 0. The molecule has 2 aliphatic heterocycles. The van der Waals surface area contributed by atoms with E-state index in [1.54, 1.807) is 0 Å². The molecule has 0 unspecified atom stereocenters. The Morgan fingerprint density at radius 3 is 1.74 bits per heavy atom. The molecule has 5 aromatic carbocycles. The average Bonchev–Trinajstić information content (AvgIpc) is 3.26.